The van der Waals surface area contributed by atoms with Crippen molar-refractivity contribution < 1.29 is 0 Å². The fourth-order valence-electron chi connectivity index (χ4n) is 2.80. The van der Waals surface area contributed by atoms with Crippen LogP contribution in [0.2, 0.25) is 0 Å². The molecule has 0 spiro atoms. The quantitative estimate of drug-likeness (QED) is 0.735. The highest BCUT2D eigenvalue weighted by Crippen LogP contribution is 2.35. The average molecular weight is 223 g/mol. The third-order valence-electron chi connectivity index (χ3n) is 3.67. The standard InChI is InChI=1S/C13H21NS/c1-10-4-5-11(2)14(10)12-6-8-13(15-3)9-7-12/h4-5,12-13H,6-9H2,1-3H3. The van der Waals surface area contributed by atoms with Crippen LogP contribution in [0.1, 0.15) is 43.1 Å². The molecule has 0 aromatic carbocycles. The minimum atomic E-state index is 0.767. The number of hydrogen-bond acceptors (Lipinski definition) is 1. The predicted molar refractivity (Wildman–Crippen MR) is 68.7 cm³/mol. The highest BCUT2D eigenvalue weighted by molar-refractivity contribution is 7.99. The lowest BCUT2D eigenvalue weighted by atomic mass is 9.94. The fourth-order valence-corrected chi connectivity index (χ4v) is 3.54. The molecule has 15 heavy (non-hydrogen) atoms. The molecule has 0 radical (unpaired) electrons. The van der Waals surface area contributed by atoms with Crippen LogP contribution >= 0.6 is 11.8 Å². The average Bonchev–Trinajstić information content (AvgIpc) is 2.59. The Morgan fingerprint density at radius 1 is 1.07 bits per heavy atom. The Morgan fingerprint density at radius 2 is 1.60 bits per heavy atom. The monoisotopic (exact) mass is 223 g/mol. The zero-order chi connectivity index (χ0) is 10.8. The third kappa shape index (κ3) is 2.25. The number of hydrogen-bond donors (Lipinski definition) is 0. The molecule has 1 fully saturated rings. The molecule has 1 aliphatic rings. The zero-order valence-corrected chi connectivity index (χ0v) is 10.8. The molecule has 0 amide bonds. The smallest absolute Gasteiger partial charge is 0.0336 e. The van der Waals surface area contributed by atoms with Crippen LogP contribution in [0.5, 0.6) is 0 Å². The number of aromatic nitrogens is 1. The summed E-state index contributed by atoms with van der Waals surface area (Å²) >= 11 is 2.04. The van der Waals surface area contributed by atoms with Crippen molar-refractivity contribution in [3.05, 3.63) is 23.5 Å². The molecular weight excluding hydrogens is 202 g/mol. The van der Waals surface area contributed by atoms with Gasteiger partial charge in [-0.3, -0.25) is 0 Å². The van der Waals surface area contributed by atoms with Gasteiger partial charge in [0, 0.05) is 22.7 Å². The maximum absolute atomic E-state index is 2.54. The second kappa shape index (κ2) is 4.65. The van der Waals surface area contributed by atoms with Gasteiger partial charge in [0.15, 0.2) is 0 Å². The maximum atomic E-state index is 2.54. The van der Waals surface area contributed by atoms with Gasteiger partial charge in [0.25, 0.3) is 0 Å². The Hall–Kier alpha value is -0.370. The van der Waals surface area contributed by atoms with Gasteiger partial charge in [-0.05, 0) is 57.9 Å². The van der Waals surface area contributed by atoms with Crippen LogP contribution in [-0.4, -0.2) is 16.1 Å². The topological polar surface area (TPSA) is 4.93 Å². The first kappa shape index (κ1) is 11.1. The summed E-state index contributed by atoms with van der Waals surface area (Å²) in [6.45, 7) is 4.46. The van der Waals surface area contributed by atoms with Gasteiger partial charge in [0.2, 0.25) is 0 Å². The van der Waals surface area contributed by atoms with Crippen molar-refractivity contribution in [3.63, 3.8) is 0 Å². The summed E-state index contributed by atoms with van der Waals surface area (Å²) in [6.07, 6.45) is 7.76. The molecule has 2 heteroatoms. The van der Waals surface area contributed by atoms with Crippen LogP contribution in [0.15, 0.2) is 12.1 Å². The molecule has 0 bridgehead atoms. The number of aryl methyl sites for hydroxylation is 2. The normalized spacial score (nSPS) is 26.9. The summed E-state index contributed by atoms with van der Waals surface area (Å²) in [5.41, 5.74) is 2.86. The van der Waals surface area contributed by atoms with E-state index in [2.05, 4.69) is 36.8 Å². The highest BCUT2D eigenvalue weighted by atomic mass is 32.2. The minimum absolute atomic E-state index is 0.767. The second-order valence-electron chi connectivity index (χ2n) is 4.65. The summed E-state index contributed by atoms with van der Waals surface area (Å²) < 4.78 is 2.54. The first-order chi connectivity index (χ1) is 7.22. The van der Waals surface area contributed by atoms with E-state index < -0.39 is 0 Å². The van der Waals surface area contributed by atoms with Gasteiger partial charge in [0.05, 0.1) is 0 Å². The van der Waals surface area contributed by atoms with Gasteiger partial charge in [-0.1, -0.05) is 0 Å². The van der Waals surface area contributed by atoms with Gasteiger partial charge < -0.3 is 4.57 Å². The Labute approximate surface area is 97.3 Å². The lowest BCUT2D eigenvalue weighted by Gasteiger charge is -2.30. The summed E-state index contributed by atoms with van der Waals surface area (Å²) in [7, 11) is 0. The Morgan fingerprint density at radius 3 is 2.07 bits per heavy atom. The lowest BCUT2D eigenvalue weighted by molar-refractivity contribution is 0.352. The lowest BCUT2D eigenvalue weighted by Crippen LogP contribution is -2.20. The van der Waals surface area contributed by atoms with E-state index in [0.29, 0.717) is 0 Å². The van der Waals surface area contributed by atoms with Gasteiger partial charge >= 0.3 is 0 Å². The van der Waals surface area contributed by atoms with Gasteiger partial charge in [-0.15, -0.1) is 0 Å². The highest BCUT2D eigenvalue weighted by Gasteiger charge is 2.22. The SMILES string of the molecule is CSC1CCC(n2c(C)ccc2C)CC1. The van der Waals surface area contributed by atoms with Crippen LogP contribution < -0.4 is 0 Å². The van der Waals surface area contributed by atoms with E-state index in [1.54, 1.807) is 0 Å². The molecule has 1 saturated carbocycles. The summed E-state index contributed by atoms with van der Waals surface area (Å²) in [6, 6.07) is 5.26. The molecule has 0 unspecified atom stereocenters. The van der Waals surface area contributed by atoms with Crippen molar-refractivity contribution in [1.29, 1.82) is 0 Å². The largest absolute Gasteiger partial charge is 0.346 e. The van der Waals surface area contributed by atoms with E-state index in [-0.39, 0.29) is 0 Å². The first-order valence-electron chi connectivity index (χ1n) is 5.89. The first-order valence-corrected chi connectivity index (χ1v) is 7.18. The van der Waals surface area contributed by atoms with Crippen LogP contribution in [0, 0.1) is 13.8 Å². The maximum Gasteiger partial charge on any atom is 0.0336 e. The van der Waals surface area contributed by atoms with Crippen LogP contribution in [0.3, 0.4) is 0 Å². The van der Waals surface area contributed by atoms with Crippen LogP contribution in [-0.2, 0) is 0 Å². The molecule has 1 aromatic heterocycles. The number of nitrogens with zero attached hydrogens (tertiary/aromatic N) is 1. The number of thioether (sulfide) groups is 1. The third-order valence-corrected chi connectivity index (χ3v) is 4.81. The Bertz CT molecular complexity index is 302. The molecule has 1 aliphatic carbocycles. The molecule has 0 saturated heterocycles. The second-order valence-corrected chi connectivity index (χ2v) is 5.79. The summed E-state index contributed by atoms with van der Waals surface area (Å²) in [5, 5.41) is 0.914. The molecule has 1 aromatic rings. The van der Waals surface area contributed by atoms with Gasteiger partial charge in [-0.25, -0.2) is 0 Å². The summed E-state index contributed by atoms with van der Waals surface area (Å²) in [4.78, 5) is 0. The van der Waals surface area contributed by atoms with Crippen molar-refractivity contribution >= 4 is 11.8 Å². The van der Waals surface area contributed by atoms with Gasteiger partial charge in [0.1, 0.15) is 0 Å². The van der Waals surface area contributed by atoms with E-state index in [4.69, 9.17) is 0 Å². The van der Waals surface area contributed by atoms with Crippen LogP contribution in [0.25, 0.3) is 0 Å². The summed E-state index contributed by atoms with van der Waals surface area (Å²) in [5.74, 6) is 0. The van der Waals surface area contributed by atoms with E-state index in [1.165, 1.54) is 37.1 Å². The van der Waals surface area contributed by atoms with Gasteiger partial charge in [-0.2, -0.15) is 11.8 Å². The Balaban J connectivity index is 2.07. The van der Waals surface area contributed by atoms with Crippen molar-refractivity contribution in [3.8, 4) is 0 Å². The minimum Gasteiger partial charge on any atom is -0.346 e. The number of rotatable bonds is 2. The van der Waals surface area contributed by atoms with E-state index in [9.17, 15) is 0 Å². The fraction of sp³-hybridized carbons (Fsp3) is 0.692. The Kier molecular flexibility index (Phi) is 3.45. The molecule has 1 nitrogen and oxygen atoms in total. The molecule has 0 N–H and O–H groups in total. The predicted octanol–water partition coefficient (Wildman–Crippen LogP) is 3.95. The molecule has 0 atom stereocenters. The molecule has 1 heterocycles. The van der Waals surface area contributed by atoms with Crippen LogP contribution in [0.4, 0.5) is 0 Å². The van der Waals surface area contributed by atoms with Crippen molar-refractivity contribution in [1.82, 2.24) is 4.57 Å². The van der Waals surface area contributed by atoms with E-state index >= 15 is 0 Å². The molecule has 0 aliphatic heterocycles. The molecular formula is C13H21NS. The van der Waals surface area contributed by atoms with E-state index in [0.717, 1.165) is 11.3 Å². The zero-order valence-electron chi connectivity index (χ0n) is 9.99. The molecule has 2 rings (SSSR count). The van der Waals surface area contributed by atoms with Crippen molar-refractivity contribution in [2.75, 3.05) is 6.26 Å². The van der Waals surface area contributed by atoms with Crippen molar-refractivity contribution in [2.24, 2.45) is 0 Å². The van der Waals surface area contributed by atoms with Crippen molar-refractivity contribution in [2.45, 2.75) is 50.8 Å². The van der Waals surface area contributed by atoms with E-state index in [1.807, 2.05) is 11.8 Å². The molecule has 84 valence electrons.